The smallest absolute Gasteiger partial charge is 0.269 e. The number of imidazole rings is 1. The highest BCUT2D eigenvalue weighted by Crippen LogP contribution is 2.45. The van der Waals surface area contributed by atoms with E-state index < -0.39 is 41.5 Å². The van der Waals surface area contributed by atoms with Crippen LogP contribution in [0.15, 0.2) is 69.5 Å². The van der Waals surface area contributed by atoms with Gasteiger partial charge in [0, 0.05) is 48.9 Å². The Labute approximate surface area is 342 Å². The number of halogens is 4. The lowest BCUT2D eigenvalue weighted by atomic mass is 9.87. The lowest BCUT2D eigenvalue weighted by Gasteiger charge is -2.33. The van der Waals surface area contributed by atoms with Crippen molar-refractivity contribution in [3.05, 3.63) is 64.9 Å². The number of aliphatic hydroxyl groups is 2. The summed E-state index contributed by atoms with van der Waals surface area (Å²) in [5, 5.41) is 42.2. The quantitative estimate of drug-likeness (QED) is 0.128. The molecule has 2 spiro atoms. The molecule has 292 valence electrons. The van der Waals surface area contributed by atoms with Crippen molar-refractivity contribution >= 4 is 92.9 Å². The number of nitrogen functional groups attached to an aromatic ring is 1. The summed E-state index contributed by atoms with van der Waals surface area (Å²) >= 11 is 13.6. The van der Waals surface area contributed by atoms with E-state index in [0.29, 0.717) is 60.9 Å². The van der Waals surface area contributed by atoms with E-state index in [1.54, 1.807) is 18.3 Å². The third-order valence-corrected chi connectivity index (χ3v) is 12.2. The van der Waals surface area contributed by atoms with Gasteiger partial charge in [0.15, 0.2) is 17.2 Å². The molecule has 0 aromatic carbocycles. The van der Waals surface area contributed by atoms with E-state index >= 15 is 0 Å². The average Bonchev–Trinajstić information content (AvgIpc) is 3.94. The monoisotopic (exact) mass is 1010 g/mol. The first-order chi connectivity index (χ1) is 25.7. The third-order valence-electron chi connectivity index (χ3n) is 9.40. The number of rotatable bonds is 13. The van der Waals surface area contributed by atoms with E-state index in [-0.39, 0.29) is 42.7 Å². The molecule has 1 aromatic rings. The van der Waals surface area contributed by atoms with Gasteiger partial charge in [0.05, 0.1) is 38.3 Å². The molecule has 0 radical (unpaired) electrons. The summed E-state index contributed by atoms with van der Waals surface area (Å²) in [6.07, 6.45) is 3.56. The minimum atomic E-state index is -1.28. The number of H-pyrrole nitrogens is 1. The van der Waals surface area contributed by atoms with E-state index in [1.807, 2.05) is 0 Å². The molecule has 6 rings (SSSR count). The first kappa shape index (κ1) is 40.3. The minimum absolute atomic E-state index is 0.0241. The highest BCUT2D eigenvalue weighted by Gasteiger charge is 2.52. The van der Waals surface area contributed by atoms with Crippen LogP contribution in [0.2, 0.25) is 0 Å². The van der Waals surface area contributed by atoms with Gasteiger partial charge in [0.2, 0.25) is 0 Å². The molecule has 54 heavy (non-hydrogen) atoms. The van der Waals surface area contributed by atoms with Gasteiger partial charge in [-0.1, -0.05) is 10.3 Å². The number of nitrogens with one attached hydrogen (secondary N) is 5. The lowest BCUT2D eigenvalue weighted by Crippen LogP contribution is -2.45. The van der Waals surface area contributed by atoms with E-state index in [4.69, 9.17) is 30.6 Å². The molecule has 11 N–H and O–H groups in total. The largest absolute Gasteiger partial charge is 0.495 e. The van der Waals surface area contributed by atoms with Gasteiger partial charge in [-0.15, -0.1) is 0 Å². The van der Waals surface area contributed by atoms with E-state index in [0.717, 1.165) is 11.4 Å². The topological polar surface area (TPSA) is 265 Å². The maximum Gasteiger partial charge on any atom is 0.269 e. The molecule has 1 aromatic heterocycles. The van der Waals surface area contributed by atoms with Crippen LogP contribution in [0, 0.1) is 0 Å². The lowest BCUT2D eigenvalue weighted by molar-refractivity contribution is -0.115. The van der Waals surface area contributed by atoms with E-state index in [9.17, 15) is 19.8 Å². The molecular weight excluding hydrogens is 972 g/mol. The molecule has 0 saturated heterocycles. The number of ether oxygens (including phenoxy) is 2. The Morgan fingerprint density at radius 3 is 1.98 bits per heavy atom. The fourth-order valence-corrected chi connectivity index (χ4v) is 10.3. The summed E-state index contributed by atoms with van der Waals surface area (Å²) in [5.74, 6) is -0.128. The Bertz CT molecular complexity index is 1930. The Balaban J connectivity index is 1.05. The summed E-state index contributed by atoms with van der Waals surface area (Å²) in [6, 6.07) is 0. The van der Waals surface area contributed by atoms with Crippen LogP contribution in [0.25, 0.3) is 0 Å². The van der Waals surface area contributed by atoms with Crippen molar-refractivity contribution in [2.75, 3.05) is 33.0 Å². The van der Waals surface area contributed by atoms with Crippen molar-refractivity contribution in [2.24, 2.45) is 16.0 Å². The zero-order valence-corrected chi connectivity index (χ0v) is 35.2. The normalized spacial score (nSPS) is 28.1. The number of nitrogens with zero attached hydrogens (tertiary/aromatic N) is 3. The molecule has 0 bridgehead atoms. The Kier molecular flexibility index (Phi) is 12.2. The molecule has 5 aliphatic rings. The van der Waals surface area contributed by atoms with Gasteiger partial charge < -0.3 is 61.3 Å². The van der Waals surface area contributed by atoms with E-state index in [2.05, 4.69) is 105 Å². The molecule has 0 fully saturated rings. The number of aromatic amines is 1. The molecule has 4 heterocycles. The molecule has 2 amide bonds. The predicted molar refractivity (Wildman–Crippen MR) is 211 cm³/mol. The van der Waals surface area contributed by atoms with Crippen molar-refractivity contribution in [2.45, 2.75) is 67.7 Å². The van der Waals surface area contributed by atoms with Crippen LogP contribution in [0.3, 0.4) is 0 Å². The van der Waals surface area contributed by atoms with Crippen molar-refractivity contribution in [1.82, 2.24) is 31.2 Å². The standard InChI is InChI=1S/C32H38Br4N10O8/c1-51-23-14(33)8-31(25(47)20(23)35)10-17(45-53-31)27(49)39-6-3-4-16-22(44-30(38)42-16)13(19-12-41-29(37)43-19)5-7-40-28(50)18-11-32(54-46-18)9-15(34)24(52-2)21(36)26(32)48/h8-9,12-13,25-26,30,42,44,47-48H,3-7,10-11,38H2,1-2H3,(H,39,49)(H,40,50)(H3,37,41,43)/t13?,25-,26-,30?,31+,32+/m0/s1. The Morgan fingerprint density at radius 2 is 1.48 bits per heavy atom. The summed E-state index contributed by atoms with van der Waals surface area (Å²) in [5.41, 5.74) is 12.2. The molecule has 0 saturated carbocycles. The van der Waals surface area contributed by atoms with Gasteiger partial charge in [0.1, 0.15) is 41.4 Å². The van der Waals surface area contributed by atoms with Gasteiger partial charge in [-0.2, -0.15) is 0 Å². The van der Waals surface area contributed by atoms with Crippen molar-refractivity contribution in [3.8, 4) is 0 Å². The molecule has 3 aliphatic heterocycles. The van der Waals surface area contributed by atoms with Crippen LogP contribution in [-0.4, -0.2) is 100 Å². The van der Waals surface area contributed by atoms with Gasteiger partial charge in [0.25, 0.3) is 11.8 Å². The summed E-state index contributed by atoms with van der Waals surface area (Å²) < 4.78 is 12.5. The molecular formula is C32H38Br4N10O8. The number of hydrogen-bond donors (Lipinski definition) is 9. The number of anilines is 1. The van der Waals surface area contributed by atoms with Crippen LogP contribution in [0.5, 0.6) is 0 Å². The highest BCUT2D eigenvalue weighted by atomic mass is 79.9. The zero-order chi connectivity index (χ0) is 38.9. The van der Waals surface area contributed by atoms with Crippen LogP contribution in [0.4, 0.5) is 5.95 Å². The summed E-state index contributed by atoms with van der Waals surface area (Å²) in [7, 11) is 2.96. The van der Waals surface area contributed by atoms with Gasteiger partial charge in [-0.05, 0) is 95.1 Å². The van der Waals surface area contributed by atoms with Crippen LogP contribution in [0.1, 0.15) is 43.7 Å². The molecule has 2 unspecified atom stereocenters. The second-order valence-corrected chi connectivity index (χ2v) is 16.3. The molecule has 18 nitrogen and oxygen atoms in total. The van der Waals surface area contributed by atoms with Crippen LogP contribution < -0.4 is 32.7 Å². The first-order valence-corrected chi connectivity index (χ1v) is 19.8. The second-order valence-electron chi connectivity index (χ2n) is 12.9. The number of carbonyl (C=O) groups excluding carboxylic acids is 2. The molecule has 22 heteroatoms. The molecule has 2 aliphatic carbocycles. The second kappa shape index (κ2) is 16.4. The van der Waals surface area contributed by atoms with Crippen molar-refractivity contribution in [3.63, 3.8) is 0 Å². The summed E-state index contributed by atoms with van der Waals surface area (Å²) in [6.45, 7) is 0.532. The average molecular weight is 1010 g/mol. The predicted octanol–water partition coefficient (Wildman–Crippen LogP) is 1.97. The number of amides is 2. The Morgan fingerprint density at radius 1 is 0.944 bits per heavy atom. The van der Waals surface area contributed by atoms with E-state index in [1.165, 1.54) is 14.2 Å². The SMILES string of the molecule is COC1=C(Br)[C@H](O)[C@@]2(C=C1Br)CC(C(=O)NCCCC1=C(C(CCNC(=O)C3=NO[C@]4(C=C(Br)C(OC)=C(Br)[C@@H]4O)C3)c3cnc(N)[nH]3)NC(N)N1)=NO2. The fraction of sp³-hybridized carbons (Fsp3) is 0.469. The number of allylic oxidation sites excluding steroid dienone is 4. The first-order valence-electron chi connectivity index (χ1n) is 16.6. The number of hydrogen-bond acceptors (Lipinski definition) is 15. The third kappa shape index (κ3) is 7.82. The molecule has 6 atom stereocenters. The van der Waals surface area contributed by atoms with Crippen molar-refractivity contribution in [1.29, 1.82) is 0 Å². The van der Waals surface area contributed by atoms with Crippen LogP contribution in [-0.2, 0) is 28.7 Å². The highest BCUT2D eigenvalue weighted by molar-refractivity contribution is 9.12. The number of methoxy groups -OCH3 is 2. The number of carbonyl (C=O) groups is 2. The minimum Gasteiger partial charge on any atom is -0.495 e. The van der Waals surface area contributed by atoms with Crippen molar-refractivity contribution < 1.29 is 39.0 Å². The van der Waals surface area contributed by atoms with Crippen LogP contribution >= 0.6 is 63.7 Å². The van der Waals surface area contributed by atoms with Gasteiger partial charge >= 0.3 is 0 Å². The number of aromatic nitrogens is 2. The maximum absolute atomic E-state index is 13.2. The number of oxime groups is 2. The summed E-state index contributed by atoms with van der Waals surface area (Å²) in [4.78, 5) is 44.8. The van der Waals surface area contributed by atoms with Gasteiger partial charge in [-0.3, -0.25) is 15.3 Å². The fourth-order valence-electron chi connectivity index (χ4n) is 6.70. The number of aliphatic hydroxyl groups excluding tert-OH is 2. The maximum atomic E-state index is 13.2. The van der Waals surface area contributed by atoms with Gasteiger partial charge in [-0.25, -0.2) is 4.98 Å². The zero-order valence-electron chi connectivity index (χ0n) is 28.8. The Hall–Kier alpha value is -3.41. The number of nitrogens with two attached hydrogens (primary N) is 2.